The summed E-state index contributed by atoms with van der Waals surface area (Å²) in [6, 6.07) is 4.87. The molecule has 0 saturated heterocycles. The number of rotatable bonds is 4. The first-order valence-electron chi connectivity index (χ1n) is 6.84. The third kappa shape index (κ3) is 3.20. The van der Waals surface area contributed by atoms with Gasteiger partial charge in [0.2, 0.25) is 5.95 Å². The third-order valence-electron chi connectivity index (χ3n) is 3.69. The molecule has 5 heteroatoms. The lowest BCUT2D eigenvalue weighted by molar-refractivity contribution is 0.356. The van der Waals surface area contributed by atoms with Crippen molar-refractivity contribution in [2.45, 2.75) is 44.7 Å². The second-order valence-electron chi connectivity index (χ2n) is 5.01. The Morgan fingerprint density at radius 1 is 1.32 bits per heavy atom. The van der Waals surface area contributed by atoms with Gasteiger partial charge in [0.05, 0.1) is 10.3 Å². The highest BCUT2D eigenvalue weighted by Gasteiger charge is 2.17. The number of imidazole rings is 1. The molecule has 0 amide bonds. The first kappa shape index (κ1) is 13.2. The van der Waals surface area contributed by atoms with Gasteiger partial charge in [-0.05, 0) is 40.9 Å². The normalized spacial score (nSPS) is 16.7. The summed E-state index contributed by atoms with van der Waals surface area (Å²) >= 11 is 5.27. The van der Waals surface area contributed by atoms with Crippen molar-refractivity contribution in [1.29, 1.82) is 0 Å². The highest BCUT2D eigenvalue weighted by Crippen LogP contribution is 2.30. The van der Waals surface area contributed by atoms with Crippen LogP contribution in [0.1, 0.15) is 43.0 Å². The first-order chi connectivity index (χ1) is 9.33. The fraction of sp³-hybridized carbons (Fsp3) is 0.500. The van der Waals surface area contributed by atoms with Gasteiger partial charge in [-0.25, -0.2) is 4.98 Å². The first-order valence-corrected chi connectivity index (χ1v) is 8.45. The molecule has 1 aliphatic carbocycles. The molecule has 102 valence electrons. The van der Waals surface area contributed by atoms with E-state index in [2.05, 4.69) is 49.1 Å². The number of hydrogen-bond acceptors (Lipinski definition) is 3. The predicted octanol–water partition coefficient (Wildman–Crippen LogP) is 4.82. The van der Waals surface area contributed by atoms with E-state index in [1.54, 1.807) is 11.3 Å². The predicted molar refractivity (Wildman–Crippen MR) is 83.7 cm³/mol. The lowest BCUT2D eigenvalue weighted by Crippen LogP contribution is -2.15. The number of aromatic nitrogens is 2. The maximum Gasteiger partial charge on any atom is 0.203 e. The lowest BCUT2D eigenvalue weighted by Gasteiger charge is -2.24. The maximum absolute atomic E-state index is 4.46. The molecular weight excluding hydrogens is 322 g/mol. The Balaban J connectivity index is 1.66. The van der Waals surface area contributed by atoms with Crippen molar-refractivity contribution >= 4 is 33.2 Å². The largest absolute Gasteiger partial charge is 0.351 e. The zero-order valence-corrected chi connectivity index (χ0v) is 13.2. The highest BCUT2D eigenvalue weighted by molar-refractivity contribution is 9.11. The van der Waals surface area contributed by atoms with Crippen LogP contribution in [0.25, 0.3) is 0 Å². The lowest BCUT2D eigenvalue weighted by atomic mass is 9.95. The number of nitrogens with zero attached hydrogens (tertiary/aromatic N) is 2. The second-order valence-corrected chi connectivity index (χ2v) is 7.56. The second kappa shape index (κ2) is 6.09. The van der Waals surface area contributed by atoms with E-state index in [0.717, 1.165) is 12.5 Å². The van der Waals surface area contributed by atoms with Crippen molar-refractivity contribution in [2.24, 2.45) is 0 Å². The highest BCUT2D eigenvalue weighted by atomic mass is 79.9. The third-order valence-corrected chi connectivity index (χ3v) is 5.31. The summed E-state index contributed by atoms with van der Waals surface area (Å²) in [5.41, 5.74) is 0. The molecule has 1 aliphatic rings. The fourth-order valence-electron chi connectivity index (χ4n) is 2.72. The van der Waals surface area contributed by atoms with E-state index >= 15 is 0 Å². The fourth-order valence-corrected chi connectivity index (χ4v) is 4.14. The summed E-state index contributed by atoms with van der Waals surface area (Å²) in [7, 11) is 0. The van der Waals surface area contributed by atoms with Gasteiger partial charge in [0.25, 0.3) is 0 Å². The van der Waals surface area contributed by atoms with Crippen LogP contribution in [-0.2, 0) is 6.54 Å². The maximum atomic E-state index is 4.46. The van der Waals surface area contributed by atoms with Crippen LogP contribution in [0.5, 0.6) is 0 Å². The standard InChI is InChI=1S/C14H18BrN3S/c15-13-7-6-12(19-13)10-17-14-16-8-9-18(14)11-4-2-1-3-5-11/h6-9,11H,1-5,10H2,(H,16,17). The summed E-state index contributed by atoms with van der Waals surface area (Å²) in [4.78, 5) is 5.78. The smallest absolute Gasteiger partial charge is 0.203 e. The van der Waals surface area contributed by atoms with Crippen LogP contribution in [0.15, 0.2) is 28.3 Å². The van der Waals surface area contributed by atoms with Crippen molar-refractivity contribution in [1.82, 2.24) is 9.55 Å². The molecule has 0 bridgehead atoms. The molecular formula is C14H18BrN3S. The Hall–Kier alpha value is -0.810. The van der Waals surface area contributed by atoms with Crippen LogP contribution in [0.4, 0.5) is 5.95 Å². The number of hydrogen-bond donors (Lipinski definition) is 1. The molecule has 1 fully saturated rings. The van der Waals surface area contributed by atoms with Crippen LogP contribution in [-0.4, -0.2) is 9.55 Å². The zero-order valence-electron chi connectivity index (χ0n) is 10.8. The van der Waals surface area contributed by atoms with Crippen LogP contribution >= 0.6 is 27.3 Å². The summed E-state index contributed by atoms with van der Waals surface area (Å²) < 4.78 is 3.50. The van der Waals surface area contributed by atoms with E-state index in [4.69, 9.17) is 0 Å². The summed E-state index contributed by atoms with van der Waals surface area (Å²) in [5, 5.41) is 3.46. The Labute approximate surface area is 126 Å². The van der Waals surface area contributed by atoms with E-state index < -0.39 is 0 Å². The average molecular weight is 340 g/mol. The Kier molecular flexibility index (Phi) is 4.23. The number of thiophene rings is 1. The number of anilines is 1. The molecule has 0 spiro atoms. The Morgan fingerprint density at radius 3 is 2.89 bits per heavy atom. The molecule has 0 radical (unpaired) electrons. The number of halogens is 1. The molecule has 3 rings (SSSR count). The van der Waals surface area contributed by atoms with Gasteiger partial charge >= 0.3 is 0 Å². The van der Waals surface area contributed by atoms with Gasteiger partial charge in [-0.3, -0.25) is 0 Å². The summed E-state index contributed by atoms with van der Waals surface area (Å²) in [6.45, 7) is 0.847. The monoisotopic (exact) mass is 339 g/mol. The summed E-state index contributed by atoms with van der Waals surface area (Å²) in [5.74, 6) is 1.01. The molecule has 2 heterocycles. The minimum absolute atomic E-state index is 0.633. The van der Waals surface area contributed by atoms with E-state index in [9.17, 15) is 0 Å². The number of nitrogens with one attached hydrogen (secondary N) is 1. The van der Waals surface area contributed by atoms with Crippen molar-refractivity contribution in [3.05, 3.63) is 33.2 Å². The van der Waals surface area contributed by atoms with Gasteiger partial charge in [0, 0.05) is 23.3 Å². The van der Waals surface area contributed by atoms with Gasteiger partial charge in [-0.1, -0.05) is 19.3 Å². The van der Waals surface area contributed by atoms with E-state index in [0.29, 0.717) is 6.04 Å². The molecule has 2 aromatic rings. The van der Waals surface area contributed by atoms with Gasteiger partial charge in [0.15, 0.2) is 0 Å². The Bertz CT molecular complexity index is 528. The topological polar surface area (TPSA) is 29.9 Å². The van der Waals surface area contributed by atoms with E-state index in [-0.39, 0.29) is 0 Å². The summed E-state index contributed by atoms with van der Waals surface area (Å²) in [6.07, 6.45) is 10.7. The quantitative estimate of drug-likeness (QED) is 0.864. The molecule has 19 heavy (non-hydrogen) atoms. The van der Waals surface area contributed by atoms with Gasteiger partial charge in [-0.15, -0.1) is 11.3 Å². The van der Waals surface area contributed by atoms with Gasteiger partial charge in [-0.2, -0.15) is 0 Å². The molecule has 1 saturated carbocycles. The Morgan fingerprint density at radius 2 is 2.16 bits per heavy atom. The van der Waals surface area contributed by atoms with E-state index in [1.807, 2.05) is 6.20 Å². The van der Waals surface area contributed by atoms with Crippen LogP contribution in [0.2, 0.25) is 0 Å². The minimum Gasteiger partial charge on any atom is -0.351 e. The average Bonchev–Trinajstić information content (AvgIpc) is 3.06. The molecule has 0 aromatic carbocycles. The van der Waals surface area contributed by atoms with Crippen molar-refractivity contribution in [3.63, 3.8) is 0 Å². The molecule has 1 N–H and O–H groups in total. The van der Waals surface area contributed by atoms with E-state index in [1.165, 1.54) is 40.8 Å². The molecule has 2 aromatic heterocycles. The zero-order chi connectivity index (χ0) is 13.1. The van der Waals surface area contributed by atoms with Crippen LogP contribution < -0.4 is 5.32 Å². The molecule has 0 aliphatic heterocycles. The molecule has 0 unspecified atom stereocenters. The molecule has 3 nitrogen and oxygen atoms in total. The van der Waals surface area contributed by atoms with Crippen LogP contribution in [0, 0.1) is 0 Å². The van der Waals surface area contributed by atoms with Crippen molar-refractivity contribution in [3.8, 4) is 0 Å². The van der Waals surface area contributed by atoms with Gasteiger partial charge < -0.3 is 9.88 Å². The minimum atomic E-state index is 0.633. The SMILES string of the molecule is Brc1ccc(CNc2nccn2C2CCCCC2)s1. The molecule has 0 atom stereocenters. The van der Waals surface area contributed by atoms with Gasteiger partial charge in [0.1, 0.15) is 0 Å². The van der Waals surface area contributed by atoms with Crippen molar-refractivity contribution < 1.29 is 0 Å². The van der Waals surface area contributed by atoms with Crippen LogP contribution in [0.3, 0.4) is 0 Å². The van der Waals surface area contributed by atoms with Crippen molar-refractivity contribution in [2.75, 3.05) is 5.32 Å².